The highest BCUT2D eigenvalue weighted by molar-refractivity contribution is 5.78. The van der Waals surface area contributed by atoms with Gasteiger partial charge >= 0.3 is 0 Å². The Morgan fingerprint density at radius 1 is 1.20 bits per heavy atom. The van der Waals surface area contributed by atoms with Gasteiger partial charge in [0.05, 0.1) is 13.7 Å². The number of hydrogen-bond acceptors (Lipinski definition) is 4. The van der Waals surface area contributed by atoms with Gasteiger partial charge in [-0.3, -0.25) is 9.69 Å². The summed E-state index contributed by atoms with van der Waals surface area (Å²) in [5.74, 6) is 0.946. The highest BCUT2D eigenvalue weighted by atomic mass is 16.5. The summed E-state index contributed by atoms with van der Waals surface area (Å²) in [6, 6.07) is 8.39. The molecule has 0 bridgehead atoms. The highest BCUT2D eigenvalue weighted by Gasteiger charge is 2.28. The molecule has 1 unspecified atom stereocenters. The number of methoxy groups -OCH3 is 1. The van der Waals surface area contributed by atoms with Crippen LogP contribution in [0.3, 0.4) is 0 Å². The Balaban J connectivity index is 1.44. The van der Waals surface area contributed by atoms with E-state index >= 15 is 0 Å². The first-order valence-electron chi connectivity index (χ1n) is 9.60. The molecule has 25 heavy (non-hydrogen) atoms. The maximum Gasteiger partial charge on any atom is 0.234 e. The van der Waals surface area contributed by atoms with Crippen LogP contribution in [0.25, 0.3) is 0 Å². The first kappa shape index (κ1) is 18.2. The predicted octanol–water partition coefficient (Wildman–Crippen LogP) is 2.26. The third kappa shape index (κ3) is 5.44. The second-order valence-corrected chi connectivity index (χ2v) is 7.26. The first-order valence-corrected chi connectivity index (χ1v) is 9.60. The number of carbonyl (C=O) groups excluding carboxylic acids is 1. The molecule has 1 atom stereocenters. The van der Waals surface area contributed by atoms with Gasteiger partial charge in [0, 0.05) is 19.1 Å². The zero-order valence-electron chi connectivity index (χ0n) is 15.4. The van der Waals surface area contributed by atoms with Crippen molar-refractivity contribution in [1.82, 2.24) is 15.1 Å². The lowest BCUT2D eigenvalue weighted by Crippen LogP contribution is -2.45. The minimum atomic E-state index is 0.119. The number of nitrogens with zero attached hydrogens (tertiary/aromatic N) is 2. The molecule has 0 aliphatic carbocycles. The molecule has 2 heterocycles. The molecule has 2 fully saturated rings. The lowest BCUT2D eigenvalue weighted by molar-refractivity contribution is -0.122. The topological polar surface area (TPSA) is 44.8 Å². The highest BCUT2D eigenvalue weighted by Crippen LogP contribution is 2.20. The molecule has 1 amide bonds. The van der Waals surface area contributed by atoms with Crippen LogP contribution in [-0.4, -0.2) is 61.6 Å². The smallest absolute Gasteiger partial charge is 0.234 e. The quantitative estimate of drug-likeness (QED) is 0.823. The minimum absolute atomic E-state index is 0.119. The summed E-state index contributed by atoms with van der Waals surface area (Å²) in [6.07, 6.45) is 6.46. The third-order valence-electron chi connectivity index (χ3n) is 5.39. The van der Waals surface area contributed by atoms with E-state index in [9.17, 15) is 4.79 Å². The van der Waals surface area contributed by atoms with Crippen LogP contribution in [0, 0.1) is 0 Å². The first-order chi connectivity index (χ1) is 12.2. The number of carbonyl (C=O) groups is 1. The van der Waals surface area contributed by atoms with Crippen LogP contribution in [-0.2, 0) is 11.3 Å². The van der Waals surface area contributed by atoms with Crippen molar-refractivity contribution in [3.8, 4) is 5.75 Å². The van der Waals surface area contributed by atoms with Crippen LogP contribution in [0.1, 0.15) is 37.7 Å². The summed E-state index contributed by atoms with van der Waals surface area (Å²) >= 11 is 0. The molecule has 138 valence electrons. The zero-order valence-corrected chi connectivity index (χ0v) is 15.4. The molecule has 1 aromatic rings. The van der Waals surface area contributed by atoms with Crippen molar-refractivity contribution in [2.24, 2.45) is 0 Å². The molecule has 5 heteroatoms. The Hall–Kier alpha value is -1.59. The van der Waals surface area contributed by atoms with Crippen molar-refractivity contribution in [1.29, 1.82) is 0 Å². The van der Waals surface area contributed by atoms with Crippen LogP contribution in [0.4, 0.5) is 0 Å². The van der Waals surface area contributed by atoms with E-state index in [1.165, 1.54) is 45.2 Å². The SMILES string of the molecule is COc1cccc(CNC(=O)CN2CCCC2CN2CCCCC2)c1. The lowest BCUT2D eigenvalue weighted by Gasteiger charge is -2.32. The number of ether oxygens (including phenoxy) is 1. The monoisotopic (exact) mass is 345 g/mol. The molecule has 1 N–H and O–H groups in total. The van der Waals surface area contributed by atoms with Gasteiger partial charge in [-0.15, -0.1) is 0 Å². The van der Waals surface area contributed by atoms with Crippen LogP contribution < -0.4 is 10.1 Å². The largest absolute Gasteiger partial charge is 0.497 e. The fourth-order valence-corrected chi connectivity index (χ4v) is 3.97. The molecule has 1 aromatic carbocycles. The van der Waals surface area contributed by atoms with Crippen molar-refractivity contribution in [3.05, 3.63) is 29.8 Å². The second kappa shape index (κ2) is 9.20. The molecule has 2 saturated heterocycles. The predicted molar refractivity (Wildman–Crippen MR) is 99.7 cm³/mol. The van der Waals surface area contributed by atoms with Crippen molar-refractivity contribution in [2.45, 2.75) is 44.7 Å². The van der Waals surface area contributed by atoms with Crippen LogP contribution >= 0.6 is 0 Å². The Morgan fingerprint density at radius 2 is 2.04 bits per heavy atom. The number of benzene rings is 1. The van der Waals surface area contributed by atoms with E-state index in [4.69, 9.17) is 4.74 Å². The Labute approximate surface area is 151 Å². The van der Waals surface area contributed by atoms with Crippen molar-refractivity contribution >= 4 is 5.91 Å². The van der Waals surface area contributed by atoms with Crippen LogP contribution in [0.5, 0.6) is 5.75 Å². The maximum atomic E-state index is 12.4. The number of amides is 1. The molecule has 0 radical (unpaired) electrons. The fourth-order valence-electron chi connectivity index (χ4n) is 3.97. The molecule has 2 aliphatic heterocycles. The molecular weight excluding hydrogens is 314 g/mol. The van der Waals surface area contributed by atoms with E-state index in [1.54, 1.807) is 7.11 Å². The number of piperidine rings is 1. The van der Waals surface area contributed by atoms with E-state index in [0.29, 0.717) is 19.1 Å². The molecular formula is C20H31N3O2. The van der Waals surface area contributed by atoms with Gasteiger partial charge in [0.25, 0.3) is 0 Å². The summed E-state index contributed by atoms with van der Waals surface area (Å²) in [7, 11) is 1.66. The molecule has 5 nitrogen and oxygen atoms in total. The minimum Gasteiger partial charge on any atom is -0.497 e. The Bertz CT molecular complexity index is 558. The molecule has 0 aromatic heterocycles. The number of hydrogen-bond donors (Lipinski definition) is 1. The molecule has 0 saturated carbocycles. The van der Waals surface area contributed by atoms with Crippen molar-refractivity contribution in [2.75, 3.05) is 39.8 Å². The summed E-state index contributed by atoms with van der Waals surface area (Å²) in [6.45, 7) is 5.70. The van der Waals surface area contributed by atoms with Gasteiger partial charge in [-0.1, -0.05) is 18.6 Å². The molecule has 0 spiro atoms. The molecule has 2 aliphatic rings. The van der Waals surface area contributed by atoms with Crippen molar-refractivity contribution in [3.63, 3.8) is 0 Å². The van der Waals surface area contributed by atoms with E-state index in [-0.39, 0.29) is 5.91 Å². The summed E-state index contributed by atoms with van der Waals surface area (Å²) in [5, 5.41) is 3.05. The fraction of sp³-hybridized carbons (Fsp3) is 0.650. The summed E-state index contributed by atoms with van der Waals surface area (Å²) in [4.78, 5) is 17.3. The summed E-state index contributed by atoms with van der Waals surface area (Å²) in [5.41, 5.74) is 1.07. The van der Waals surface area contributed by atoms with Crippen molar-refractivity contribution < 1.29 is 9.53 Å². The van der Waals surface area contributed by atoms with Crippen LogP contribution in [0.2, 0.25) is 0 Å². The van der Waals surface area contributed by atoms with Gasteiger partial charge < -0.3 is 15.0 Å². The lowest BCUT2D eigenvalue weighted by atomic mass is 10.1. The second-order valence-electron chi connectivity index (χ2n) is 7.26. The summed E-state index contributed by atoms with van der Waals surface area (Å²) < 4.78 is 5.23. The van der Waals surface area contributed by atoms with E-state index in [2.05, 4.69) is 15.1 Å². The normalized spacial score (nSPS) is 22.0. The Morgan fingerprint density at radius 3 is 2.84 bits per heavy atom. The van der Waals surface area contributed by atoms with Gasteiger partial charge in [-0.05, 0) is 63.0 Å². The zero-order chi connectivity index (χ0) is 17.5. The number of nitrogens with one attached hydrogen (secondary N) is 1. The maximum absolute atomic E-state index is 12.4. The van der Waals surface area contributed by atoms with E-state index in [0.717, 1.165) is 24.4 Å². The van der Waals surface area contributed by atoms with Gasteiger partial charge in [0.1, 0.15) is 5.75 Å². The third-order valence-corrected chi connectivity index (χ3v) is 5.39. The average molecular weight is 345 g/mol. The van der Waals surface area contributed by atoms with E-state index in [1.807, 2.05) is 24.3 Å². The number of likely N-dealkylation sites (tertiary alicyclic amines) is 2. The standard InChI is InChI=1S/C20H31N3O2/c1-25-19-9-5-7-17(13-19)14-21-20(24)16-23-12-6-8-18(23)15-22-10-3-2-4-11-22/h5,7,9,13,18H,2-4,6,8,10-12,14-16H2,1H3,(H,21,24). The van der Waals surface area contributed by atoms with Gasteiger partial charge in [0.2, 0.25) is 5.91 Å². The van der Waals surface area contributed by atoms with Gasteiger partial charge in [-0.2, -0.15) is 0 Å². The van der Waals surface area contributed by atoms with E-state index < -0.39 is 0 Å². The number of rotatable bonds is 7. The van der Waals surface area contributed by atoms with Gasteiger partial charge in [-0.25, -0.2) is 0 Å². The van der Waals surface area contributed by atoms with Gasteiger partial charge in [0.15, 0.2) is 0 Å². The van der Waals surface area contributed by atoms with Crippen LogP contribution in [0.15, 0.2) is 24.3 Å². The molecule has 3 rings (SSSR count). The Kier molecular flexibility index (Phi) is 6.70. The average Bonchev–Trinajstić information content (AvgIpc) is 3.07.